The summed E-state index contributed by atoms with van der Waals surface area (Å²) < 4.78 is 7.16. The number of nitro benzene ring substituents is 1. The predicted octanol–water partition coefficient (Wildman–Crippen LogP) is 5.58. The maximum absolute atomic E-state index is 11.0. The normalized spacial score (nSPS) is 11.3. The molecule has 6 rings (SSSR count). The number of aromatic amines is 1. The zero-order valence-electron chi connectivity index (χ0n) is 17.8. The maximum Gasteiger partial charge on any atom is 0.269 e. The van der Waals surface area contributed by atoms with Gasteiger partial charge in [-0.3, -0.25) is 10.1 Å². The van der Waals surface area contributed by atoms with E-state index in [4.69, 9.17) is 9.84 Å². The van der Waals surface area contributed by atoms with E-state index in [1.807, 2.05) is 48.5 Å². The standard InChI is InChI=1S/C24H16N6O3S/c1-33-17-11-12-19-18(13-17)20(14-5-3-2-4-6-14)21(25-19)22-26-27-24-29(22)28-23(34-24)15-7-9-16(10-8-15)30(31)32/h2-13,25H,1H3. The highest BCUT2D eigenvalue weighted by Gasteiger charge is 2.22. The number of H-pyrrole nitrogens is 1. The van der Waals surface area contributed by atoms with Gasteiger partial charge < -0.3 is 9.72 Å². The molecule has 0 amide bonds. The number of nitrogens with one attached hydrogen (secondary N) is 1. The topological polar surface area (TPSA) is 111 Å². The fourth-order valence-corrected chi connectivity index (χ4v) is 4.83. The molecule has 10 heteroatoms. The van der Waals surface area contributed by atoms with Crippen molar-refractivity contribution in [1.82, 2.24) is 24.8 Å². The molecule has 0 saturated heterocycles. The summed E-state index contributed by atoms with van der Waals surface area (Å²) in [5, 5.41) is 26.2. The summed E-state index contributed by atoms with van der Waals surface area (Å²) in [5.74, 6) is 1.34. The SMILES string of the molecule is COc1ccc2[nH]c(-c3nnc4sc(-c5ccc([N+](=O)[O-])cc5)nn34)c(-c3ccccc3)c2c1. The van der Waals surface area contributed by atoms with E-state index in [1.165, 1.54) is 23.5 Å². The lowest BCUT2D eigenvalue weighted by atomic mass is 10.0. The van der Waals surface area contributed by atoms with Gasteiger partial charge in [0.05, 0.1) is 17.7 Å². The molecule has 0 aliphatic rings. The van der Waals surface area contributed by atoms with Gasteiger partial charge in [-0.05, 0) is 35.9 Å². The summed E-state index contributed by atoms with van der Waals surface area (Å²) in [6, 6.07) is 22.3. The van der Waals surface area contributed by atoms with Crippen LogP contribution in [0.25, 0.3) is 49.1 Å². The Morgan fingerprint density at radius 1 is 1.00 bits per heavy atom. The predicted molar refractivity (Wildman–Crippen MR) is 130 cm³/mol. The Labute approximate surface area is 196 Å². The number of benzene rings is 3. The first kappa shape index (κ1) is 20.1. The summed E-state index contributed by atoms with van der Waals surface area (Å²) in [4.78, 5) is 14.7. The quantitative estimate of drug-likeness (QED) is 0.261. The largest absolute Gasteiger partial charge is 0.497 e. The van der Waals surface area contributed by atoms with E-state index in [9.17, 15) is 10.1 Å². The molecule has 0 aliphatic carbocycles. The van der Waals surface area contributed by atoms with Crippen LogP contribution in [-0.4, -0.2) is 36.8 Å². The fourth-order valence-electron chi connectivity index (χ4n) is 3.99. The first-order valence-corrected chi connectivity index (χ1v) is 11.2. The molecule has 1 N–H and O–H groups in total. The monoisotopic (exact) mass is 468 g/mol. The Hall–Kier alpha value is -4.57. The van der Waals surface area contributed by atoms with Crippen LogP contribution in [-0.2, 0) is 0 Å². The van der Waals surface area contributed by atoms with Crippen LogP contribution in [0.1, 0.15) is 0 Å². The Bertz CT molecular complexity index is 1670. The van der Waals surface area contributed by atoms with Gasteiger partial charge in [-0.15, -0.1) is 10.2 Å². The van der Waals surface area contributed by atoms with Crippen LogP contribution < -0.4 is 4.74 Å². The molecule has 6 aromatic rings. The fraction of sp³-hybridized carbons (Fsp3) is 0.0417. The average molecular weight is 468 g/mol. The molecule has 9 nitrogen and oxygen atoms in total. The van der Waals surface area contributed by atoms with Gasteiger partial charge in [0.2, 0.25) is 10.8 Å². The van der Waals surface area contributed by atoms with Crippen LogP contribution in [0.2, 0.25) is 0 Å². The molecule has 34 heavy (non-hydrogen) atoms. The lowest BCUT2D eigenvalue weighted by molar-refractivity contribution is -0.384. The van der Waals surface area contributed by atoms with E-state index in [0.717, 1.165) is 39.0 Å². The molecule has 0 saturated carbocycles. The second-order valence-corrected chi connectivity index (χ2v) is 8.54. The van der Waals surface area contributed by atoms with Crippen molar-refractivity contribution in [2.75, 3.05) is 7.11 Å². The first-order chi connectivity index (χ1) is 16.6. The highest BCUT2D eigenvalue weighted by atomic mass is 32.1. The average Bonchev–Trinajstić information content (AvgIpc) is 3.56. The summed E-state index contributed by atoms with van der Waals surface area (Å²) in [5.41, 5.74) is 4.55. The summed E-state index contributed by atoms with van der Waals surface area (Å²) >= 11 is 1.37. The van der Waals surface area contributed by atoms with Crippen LogP contribution in [0.3, 0.4) is 0 Å². The number of hydrogen-bond acceptors (Lipinski definition) is 7. The number of nitro groups is 1. The number of ether oxygens (including phenoxy) is 1. The molecule has 0 bridgehead atoms. The molecule has 0 aliphatic heterocycles. The van der Waals surface area contributed by atoms with Gasteiger partial charge in [0.25, 0.3) is 5.69 Å². The van der Waals surface area contributed by atoms with Crippen molar-refractivity contribution in [2.45, 2.75) is 0 Å². The van der Waals surface area contributed by atoms with Crippen LogP contribution in [0.15, 0.2) is 72.8 Å². The van der Waals surface area contributed by atoms with E-state index in [1.54, 1.807) is 23.8 Å². The van der Waals surface area contributed by atoms with Gasteiger partial charge in [0, 0.05) is 34.2 Å². The minimum atomic E-state index is -0.420. The molecule has 0 unspecified atom stereocenters. The van der Waals surface area contributed by atoms with E-state index in [2.05, 4.69) is 15.2 Å². The third-order valence-corrected chi connectivity index (χ3v) is 6.56. The van der Waals surface area contributed by atoms with Gasteiger partial charge in [-0.1, -0.05) is 41.7 Å². The Morgan fingerprint density at radius 3 is 2.53 bits per heavy atom. The Morgan fingerprint density at radius 2 is 1.79 bits per heavy atom. The highest BCUT2D eigenvalue weighted by Crippen LogP contribution is 2.39. The first-order valence-electron chi connectivity index (χ1n) is 10.3. The van der Waals surface area contributed by atoms with Crippen LogP contribution in [0, 0.1) is 10.1 Å². The van der Waals surface area contributed by atoms with Crippen LogP contribution in [0.4, 0.5) is 5.69 Å². The molecule has 3 aromatic carbocycles. The van der Waals surface area contributed by atoms with E-state index < -0.39 is 4.92 Å². The summed E-state index contributed by atoms with van der Waals surface area (Å²) in [6.45, 7) is 0. The molecule has 0 spiro atoms. The molecule has 0 atom stereocenters. The lowest BCUT2D eigenvalue weighted by Gasteiger charge is -2.04. The molecule has 0 fully saturated rings. The van der Waals surface area contributed by atoms with Crippen molar-refractivity contribution >= 4 is 32.9 Å². The van der Waals surface area contributed by atoms with Crippen molar-refractivity contribution in [1.29, 1.82) is 0 Å². The van der Waals surface area contributed by atoms with Crippen molar-refractivity contribution in [3.8, 4) is 39.0 Å². The molecule has 3 heterocycles. The van der Waals surface area contributed by atoms with Crippen molar-refractivity contribution in [3.05, 3.63) is 82.9 Å². The number of rotatable bonds is 5. The smallest absolute Gasteiger partial charge is 0.269 e. The zero-order chi connectivity index (χ0) is 23.2. The van der Waals surface area contributed by atoms with Gasteiger partial charge in [0.1, 0.15) is 10.8 Å². The minimum Gasteiger partial charge on any atom is -0.497 e. The lowest BCUT2D eigenvalue weighted by Crippen LogP contribution is -1.93. The molecular weight excluding hydrogens is 452 g/mol. The molecule has 0 radical (unpaired) electrons. The number of nitrogens with zero attached hydrogens (tertiary/aromatic N) is 5. The number of hydrogen-bond donors (Lipinski definition) is 1. The molecular formula is C24H16N6O3S. The number of fused-ring (bicyclic) bond motifs is 2. The highest BCUT2D eigenvalue weighted by molar-refractivity contribution is 7.19. The van der Waals surface area contributed by atoms with E-state index in [0.29, 0.717) is 15.8 Å². The summed E-state index contributed by atoms with van der Waals surface area (Å²) in [6.07, 6.45) is 0. The van der Waals surface area contributed by atoms with Crippen molar-refractivity contribution < 1.29 is 9.66 Å². The zero-order valence-corrected chi connectivity index (χ0v) is 18.6. The Balaban J connectivity index is 1.54. The third kappa shape index (κ3) is 3.20. The van der Waals surface area contributed by atoms with Crippen molar-refractivity contribution in [3.63, 3.8) is 0 Å². The minimum absolute atomic E-state index is 0.0356. The Kier molecular flexibility index (Phi) is 4.59. The second kappa shape index (κ2) is 7.78. The van der Waals surface area contributed by atoms with E-state index in [-0.39, 0.29) is 5.69 Å². The van der Waals surface area contributed by atoms with Gasteiger partial charge >= 0.3 is 0 Å². The van der Waals surface area contributed by atoms with Crippen molar-refractivity contribution in [2.24, 2.45) is 0 Å². The molecule has 3 aromatic heterocycles. The second-order valence-electron chi connectivity index (χ2n) is 7.58. The molecule has 166 valence electrons. The third-order valence-electron chi connectivity index (χ3n) is 5.61. The van der Waals surface area contributed by atoms with Crippen LogP contribution in [0.5, 0.6) is 5.75 Å². The van der Waals surface area contributed by atoms with E-state index >= 15 is 0 Å². The van der Waals surface area contributed by atoms with Crippen LogP contribution >= 0.6 is 11.3 Å². The maximum atomic E-state index is 11.0. The number of aromatic nitrogens is 5. The van der Waals surface area contributed by atoms with Gasteiger partial charge in [0.15, 0.2) is 0 Å². The summed E-state index contributed by atoms with van der Waals surface area (Å²) in [7, 11) is 1.65. The number of methoxy groups -OCH3 is 1. The van der Waals surface area contributed by atoms with Gasteiger partial charge in [-0.2, -0.15) is 9.61 Å². The number of non-ortho nitro benzene ring substituents is 1. The van der Waals surface area contributed by atoms with Gasteiger partial charge in [-0.25, -0.2) is 0 Å².